The number of ether oxygens (including phenoxy) is 1. The molecule has 0 aliphatic rings. The summed E-state index contributed by atoms with van der Waals surface area (Å²) in [6.45, 7) is 1.90. The summed E-state index contributed by atoms with van der Waals surface area (Å²) in [4.78, 5) is 23.8. The van der Waals surface area contributed by atoms with E-state index in [1.165, 1.54) is 7.11 Å². The van der Waals surface area contributed by atoms with E-state index in [4.69, 9.17) is 11.6 Å². The Morgan fingerprint density at radius 2 is 1.91 bits per heavy atom. The summed E-state index contributed by atoms with van der Waals surface area (Å²) in [6.07, 6.45) is 0. The minimum Gasteiger partial charge on any atom is -0.468 e. The average Bonchev–Trinajstić information content (AvgIpc) is 2.79. The molecule has 5 nitrogen and oxygen atoms in total. The third-order valence-corrected chi connectivity index (χ3v) is 3.64. The van der Waals surface area contributed by atoms with Gasteiger partial charge in [0.15, 0.2) is 0 Å². The minimum absolute atomic E-state index is 0.0440. The topological polar surface area (TPSA) is 60.3 Å². The first-order valence-electron chi connectivity index (χ1n) is 6.71. The lowest BCUT2D eigenvalue weighted by atomic mass is 10.1. The lowest BCUT2D eigenvalue weighted by Crippen LogP contribution is -2.17. The number of benzene rings is 1. The van der Waals surface area contributed by atoms with Gasteiger partial charge in [-0.2, -0.15) is 0 Å². The quantitative estimate of drug-likeness (QED) is 0.680. The first-order chi connectivity index (χ1) is 10.4. The SMILES string of the molecule is COC(=O)CNc1cc(C)c(C(=O)c2ccc(Cl)cc2)n1C. The van der Waals surface area contributed by atoms with Gasteiger partial charge >= 0.3 is 5.97 Å². The molecule has 22 heavy (non-hydrogen) atoms. The highest BCUT2D eigenvalue weighted by Crippen LogP contribution is 2.22. The normalized spacial score (nSPS) is 10.4. The number of nitrogens with one attached hydrogen (secondary N) is 1. The molecule has 0 saturated carbocycles. The van der Waals surface area contributed by atoms with Gasteiger partial charge in [0.05, 0.1) is 12.8 Å². The van der Waals surface area contributed by atoms with Crippen molar-refractivity contribution in [3.8, 4) is 0 Å². The van der Waals surface area contributed by atoms with Crippen molar-refractivity contribution in [3.05, 3.63) is 52.2 Å². The zero-order chi connectivity index (χ0) is 16.3. The molecule has 0 unspecified atom stereocenters. The highest BCUT2D eigenvalue weighted by Gasteiger charge is 2.18. The maximum absolute atomic E-state index is 12.6. The van der Waals surface area contributed by atoms with Crippen molar-refractivity contribution < 1.29 is 14.3 Å². The van der Waals surface area contributed by atoms with Crippen molar-refractivity contribution in [2.24, 2.45) is 7.05 Å². The summed E-state index contributed by atoms with van der Waals surface area (Å²) in [5.41, 5.74) is 1.96. The van der Waals surface area contributed by atoms with Crippen molar-refractivity contribution in [2.45, 2.75) is 6.92 Å². The van der Waals surface area contributed by atoms with Gasteiger partial charge in [0.25, 0.3) is 0 Å². The molecule has 116 valence electrons. The molecule has 0 radical (unpaired) electrons. The molecule has 2 rings (SSSR count). The highest BCUT2D eigenvalue weighted by atomic mass is 35.5. The van der Waals surface area contributed by atoms with Crippen LogP contribution in [0.5, 0.6) is 0 Å². The van der Waals surface area contributed by atoms with E-state index in [9.17, 15) is 9.59 Å². The van der Waals surface area contributed by atoms with E-state index in [0.29, 0.717) is 22.1 Å². The Morgan fingerprint density at radius 1 is 1.27 bits per heavy atom. The Balaban J connectivity index is 2.28. The third kappa shape index (κ3) is 3.31. The van der Waals surface area contributed by atoms with Gasteiger partial charge in [-0.25, -0.2) is 0 Å². The number of hydrogen-bond donors (Lipinski definition) is 1. The van der Waals surface area contributed by atoms with Gasteiger partial charge in [-0.15, -0.1) is 0 Å². The van der Waals surface area contributed by atoms with E-state index >= 15 is 0 Å². The largest absolute Gasteiger partial charge is 0.468 e. The first kappa shape index (κ1) is 16.1. The maximum Gasteiger partial charge on any atom is 0.325 e. The van der Waals surface area contributed by atoms with E-state index < -0.39 is 0 Å². The van der Waals surface area contributed by atoms with Gasteiger partial charge in [-0.05, 0) is 42.8 Å². The van der Waals surface area contributed by atoms with Crippen LogP contribution in [-0.2, 0) is 16.6 Å². The summed E-state index contributed by atoms with van der Waals surface area (Å²) < 4.78 is 6.32. The lowest BCUT2D eigenvalue weighted by molar-refractivity contribution is -0.138. The monoisotopic (exact) mass is 320 g/mol. The lowest BCUT2D eigenvalue weighted by Gasteiger charge is -2.09. The fourth-order valence-electron chi connectivity index (χ4n) is 2.23. The summed E-state index contributed by atoms with van der Waals surface area (Å²) in [6, 6.07) is 8.58. The highest BCUT2D eigenvalue weighted by molar-refractivity contribution is 6.30. The average molecular weight is 321 g/mol. The Kier molecular flexibility index (Phi) is 4.88. The fourth-order valence-corrected chi connectivity index (χ4v) is 2.36. The molecule has 6 heteroatoms. The Hall–Kier alpha value is -2.27. The van der Waals surface area contributed by atoms with Crippen LogP contribution in [0.1, 0.15) is 21.6 Å². The summed E-state index contributed by atoms with van der Waals surface area (Å²) >= 11 is 5.84. The number of halogens is 1. The van der Waals surface area contributed by atoms with Crippen LogP contribution in [0.3, 0.4) is 0 Å². The molecule has 1 heterocycles. The van der Waals surface area contributed by atoms with Crippen LogP contribution in [0.25, 0.3) is 0 Å². The van der Waals surface area contributed by atoms with Gasteiger partial charge in [0.1, 0.15) is 12.4 Å². The molecular weight excluding hydrogens is 304 g/mol. The standard InChI is InChI=1S/C16H17ClN2O3/c1-10-8-13(18-9-14(20)22-3)19(2)15(10)16(21)11-4-6-12(17)7-5-11/h4-8,18H,9H2,1-3H3. The fraction of sp³-hybridized carbons (Fsp3) is 0.250. The van der Waals surface area contributed by atoms with Crippen LogP contribution >= 0.6 is 11.6 Å². The zero-order valence-electron chi connectivity index (χ0n) is 12.6. The molecule has 0 atom stereocenters. The molecule has 1 aromatic heterocycles. The van der Waals surface area contributed by atoms with E-state index in [1.54, 1.807) is 35.9 Å². The molecular formula is C16H17ClN2O3. The third-order valence-electron chi connectivity index (χ3n) is 3.39. The van der Waals surface area contributed by atoms with E-state index in [2.05, 4.69) is 10.1 Å². The summed E-state index contributed by atoms with van der Waals surface area (Å²) in [5.74, 6) is 0.215. The van der Waals surface area contributed by atoms with E-state index in [0.717, 1.165) is 5.56 Å². The number of aryl methyl sites for hydroxylation is 1. The van der Waals surface area contributed by atoms with Gasteiger partial charge in [-0.3, -0.25) is 9.59 Å². The molecule has 0 spiro atoms. The molecule has 1 aromatic carbocycles. The van der Waals surface area contributed by atoms with Crippen molar-refractivity contribution in [3.63, 3.8) is 0 Å². The molecule has 0 aliphatic carbocycles. The predicted octanol–water partition coefficient (Wildman–Crippen LogP) is 2.80. The van der Waals surface area contributed by atoms with Crippen LogP contribution < -0.4 is 5.32 Å². The Bertz CT molecular complexity index is 705. The summed E-state index contributed by atoms with van der Waals surface area (Å²) in [7, 11) is 3.10. The van der Waals surface area contributed by atoms with E-state index in [-0.39, 0.29) is 18.3 Å². The number of hydrogen-bond acceptors (Lipinski definition) is 4. The first-order valence-corrected chi connectivity index (χ1v) is 7.09. The van der Waals surface area contributed by atoms with Crippen LogP contribution in [0.2, 0.25) is 5.02 Å². The van der Waals surface area contributed by atoms with Crippen molar-refractivity contribution >= 4 is 29.2 Å². The van der Waals surface area contributed by atoms with Crippen LogP contribution in [0, 0.1) is 6.92 Å². The zero-order valence-corrected chi connectivity index (χ0v) is 13.4. The molecule has 0 aliphatic heterocycles. The Labute approximate surface area is 133 Å². The number of carbonyl (C=O) groups excluding carboxylic acids is 2. The number of carbonyl (C=O) groups is 2. The smallest absolute Gasteiger partial charge is 0.325 e. The number of aromatic nitrogens is 1. The number of esters is 1. The molecule has 0 bridgehead atoms. The minimum atomic E-state index is -0.371. The van der Waals surface area contributed by atoms with Gasteiger partial charge in [0, 0.05) is 17.6 Å². The van der Waals surface area contributed by atoms with Crippen LogP contribution in [0.4, 0.5) is 5.82 Å². The molecule has 0 saturated heterocycles. The second kappa shape index (κ2) is 6.66. The van der Waals surface area contributed by atoms with Gasteiger partial charge in [0.2, 0.25) is 5.78 Å². The second-order valence-corrected chi connectivity index (χ2v) is 5.32. The molecule has 2 aromatic rings. The number of methoxy groups -OCH3 is 1. The summed E-state index contributed by atoms with van der Waals surface area (Å²) in [5, 5.41) is 3.54. The van der Waals surface area contributed by atoms with Crippen molar-refractivity contribution in [1.82, 2.24) is 4.57 Å². The molecule has 0 amide bonds. The molecule has 1 N–H and O–H groups in total. The number of ketones is 1. The predicted molar refractivity (Wildman–Crippen MR) is 85.5 cm³/mol. The van der Waals surface area contributed by atoms with Gasteiger partial charge in [-0.1, -0.05) is 11.6 Å². The number of nitrogens with zero attached hydrogens (tertiary/aromatic N) is 1. The van der Waals surface area contributed by atoms with Crippen molar-refractivity contribution in [1.29, 1.82) is 0 Å². The van der Waals surface area contributed by atoms with Crippen molar-refractivity contribution in [2.75, 3.05) is 19.0 Å². The van der Waals surface area contributed by atoms with E-state index in [1.807, 2.05) is 13.0 Å². The molecule has 0 fully saturated rings. The van der Waals surface area contributed by atoms with Gasteiger partial charge < -0.3 is 14.6 Å². The Morgan fingerprint density at radius 3 is 2.50 bits per heavy atom. The maximum atomic E-state index is 12.6. The number of anilines is 1. The van der Waals surface area contributed by atoms with Crippen LogP contribution in [-0.4, -0.2) is 30.0 Å². The second-order valence-electron chi connectivity index (χ2n) is 4.89. The number of rotatable bonds is 5. The van der Waals surface area contributed by atoms with Crippen LogP contribution in [0.15, 0.2) is 30.3 Å².